The van der Waals surface area contributed by atoms with Crippen molar-refractivity contribution in [3.63, 3.8) is 0 Å². The van der Waals surface area contributed by atoms with Crippen molar-refractivity contribution >= 4 is 19.8 Å². The largest absolute Gasteiger partial charge is 0.469 e. The summed E-state index contributed by atoms with van der Waals surface area (Å²) in [6, 6.07) is 0. The zero-order chi connectivity index (χ0) is 34.9. The molecular formula is C37H63O9P. The van der Waals surface area contributed by atoms with Crippen LogP contribution in [-0.4, -0.2) is 52.3 Å². The van der Waals surface area contributed by atoms with Crippen molar-refractivity contribution in [2.75, 3.05) is 13.2 Å². The number of rotatable bonds is 31. The first-order valence-electron chi connectivity index (χ1n) is 17.7. The molecule has 0 amide bonds. The molecule has 0 spiro atoms. The number of aliphatic hydroxyl groups excluding tert-OH is 1. The van der Waals surface area contributed by atoms with Crippen molar-refractivity contribution < 1.29 is 43.0 Å². The first-order chi connectivity index (χ1) is 22.7. The van der Waals surface area contributed by atoms with E-state index in [1.54, 1.807) is 12.2 Å². The van der Waals surface area contributed by atoms with Crippen LogP contribution in [0.25, 0.3) is 0 Å². The Morgan fingerprint density at radius 2 is 1.23 bits per heavy atom. The molecule has 0 fully saturated rings. The number of carbonyl (C=O) groups excluding carboxylic acids is 2. The number of phosphoric acid groups is 1. The topological polar surface area (TPSA) is 140 Å². The van der Waals surface area contributed by atoms with Crippen LogP contribution in [0.1, 0.15) is 136 Å². The number of esters is 2. The van der Waals surface area contributed by atoms with Crippen molar-refractivity contribution in [3.05, 3.63) is 60.8 Å². The Hall–Kier alpha value is -2.29. The van der Waals surface area contributed by atoms with E-state index in [-0.39, 0.29) is 19.4 Å². The zero-order valence-corrected chi connectivity index (χ0v) is 29.9. The Kier molecular flexibility index (Phi) is 30.7. The number of hydrogen-bond donors (Lipinski definition) is 3. The van der Waals surface area contributed by atoms with E-state index < -0.39 is 38.6 Å². The summed E-state index contributed by atoms with van der Waals surface area (Å²) in [6.07, 6.45) is 35.5. The molecule has 0 aliphatic carbocycles. The Labute approximate surface area is 284 Å². The molecular weight excluding hydrogens is 619 g/mol. The van der Waals surface area contributed by atoms with Crippen LogP contribution in [0.2, 0.25) is 0 Å². The number of unbranched alkanes of at least 4 members (excludes halogenated alkanes) is 10. The molecule has 0 aliphatic rings. The van der Waals surface area contributed by atoms with E-state index in [0.717, 1.165) is 57.8 Å². The van der Waals surface area contributed by atoms with Crippen LogP contribution in [0.4, 0.5) is 0 Å². The number of phosphoric ester groups is 1. The Balaban J connectivity index is 4.24. The van der Waals surface area contributed by atoms with E-state index in [9.17, 15) is 19.3 Å². The monoisotopic (exact) mass is 682 g/mol. The molecule has 0 radical (unpaired) electrons. The molecule has 0 saturated carbocycles. The number of allylic oxidation sites excluding steroid dienone is 9. The van der Waals surface area contributed by atoms with Crippen molar-refractivity contribution in [3.8, 4) is 0 Å². The summed E-state index contributed by atoms with van der Waals surface area (Å²) in [5.41, 5.74) is 0. The molecule has 0 aromatic carbocycles. The predicted molar refractivity (Wildman–Crippen MR) is 190 cm³/mol. The summed E-state index contributed by atoms with van der Waals surface area (Å²) < 4.78 is 26.1. The third kappa shape index (κ3) is 34.9. The van der Waals surface area contributed by atoms with E-state index in [2.05, 4.69) is 54.8 Å². The fourth-order valence-corrected chi connectivity index (χ4v) is 4.76. The van der Waals surface area contributed by atoms with Gasteiger partial charge < -0.3 is 24.4 Å². The summed E-state index contributed by atoms with van der Waals surface area (Å²) in [5.74, 6) is -1.11. The molecule has 10 heteroatoms. The van der Waals surface area contributed by atoms with Gasteiger partial charge in [0.05, 0.1) is 12.7 Å². The fourth-order valence-electron chi connectivity index (χ4n) is 4.40. The lowest BCUT2D eigenvalue weighted by molar-refractivity contribution is -0.161. The van der Waals surface area contributed by atoms with Crippen LogP contribution in [0.3, 0.4) is 0 Å². The van der Waals surface area contributed by atoms with Gasteiger partial charge in [0.25, 0.3) is 0 Å². The standard InChI is InChI=1S/C37H63O9P/c1-3-5-7-9-11-13-15-16-18-19-21-23-25-28-34(38)29-27-31-36(39)44-32-35(33-45-47(41,42)43)46-37(40)30-26-24-22-20-17-14-12-10-8-6-4-2/h10-13,16,18,21,23,25,28,34-35,38H,3-9,14-15,17,19-20,22,24,26-27,29-33H2,1-2H3,(H2,41,42,43)/b12-10-,13-11-,18-16-,23-21-,28-25+/t34-,35-/m1/s1. The highest BCUT2D eigenvalue weighted by Crippen LogP contribution is 2.35. The third-order valence-corrected chi connectivity index (χ3v) is 7.60. The van der Waals surface area contributed by atoms with Crippen LogP contribution in [-0.2, 0) is 28.2 Å². The molecule has 47 heavy (non-hydrogen) atoms. The highest BCUT2D eigenvalue weighted by atomic mass is 31.2. The Bertz CT molecular complexity index is 965. The van der Waals surface area contributed by atoms with Gasteiger partial charge in [-0.25, -0.2) is 4.57 Å². The highest BCUT2D eigenvalue weighted by molar-refractivity contribution is 7.46. The lowest BCUT2D eigenvalue weighted by Gasteiger charge is -2.18. The SMILES string of the molecule is CCCC/C=C\CCCCCCCC(=O)O[C@H](COC(=O)CCC[C@H](O)/C=C/C=C\C/C=C\C/C=C\CCCCC)COP(=O)(O)O. The van der Waals surface area contributed by atoms with Crippen LogP contribution < -0.4 is 0 Å². The van der Waals surface area contributed by atoms with Crippen molar-refractivity contribution in [2.45, 2.75) is 148 Å². The summed E-state index contributed by atoms with van der Waals surface area (Å²) in [6.45, 7) is 3.40. The maximum Gasteiger partial charge on any atom is 0.469 e. The van der Waals surface area contributed by atoms with Crippen LogP contribution in [0.15, 0.2) is 60.8 Å². The lowest BCUT2D eigenvalue weighted by atomic mass is 10.1. The Morgan fingerprint density at radius 3 is 1.94 bits per heavy atom. The van der Waals surface area contributed by atoms with Gasteiger partial charge in [0.2, 0.25) is 0 Å². The van der Waals surface area contributed by atoms with E-state index in [1.807, 2.05) is 12.2 Å². The van der Waals surface area contributed by atoms with Gasteiger partial charge in [0.15, 0.2) is 6.10 Å². The molecule has 0 aromatic heterocycles. The normalized spacial score (nSPS) is 13.9. The molecule has 0 aliphatic heterocycles. The Morgan fingerprint density at radius 1 is 0.660 bits per heavy atom. The third-order valence-electron chi connectivity index (χ3n) is 7.11. The summed E-state index contributed by atoms with van der Waals surface area (Å²) >= 11 is 0. The van der Waals surface area contributed by atoms with Crippen LogP contribution >= 0.6 is 7.82 Å². The highest BCUT2D eigenvalue weighted by Gasteiger charge is 2.23. The van der Waals surface area contributed by atoms with Crippen molar-refractivity contribution in [2.24, 2.45) is 0 Å². The van der Waals surface area contributed by atoms with E-state index in [0.29, 0.717) is 19.3 Å². The molecule has 270 valence electrons. The lowest BCUT2D eigenvalue weighted by Crippen LogP contribution is -2.29. The molecule has 0 unspecified atom stereocenters. The van der Waals surface area contributed by atoms with Crippen LogP contribution in [0, 0.1) is 0 Å². The minimum Gasteiger partial charge on any atom is -0.462 e. The van der Waals surface area contributed by atoms with Crippen LogP contribution in [0.5, 0.6) is 0 Å². The van der Waals surface area contributed by atoms with E-state index in [4.69, 9.17) is 19.3 Å². The molecule has 0 saturated heterocycles. The fraction of sp³-hybridized carbons (Fsp3) is 0.676. The summed E-state index contributed by atoms with van der Waals surface area (Å²) in [5, 5.41) is 10.1. The van der Waals surface area contributed by atoms with E-state index >= 15 is 0 Å². The molecule has 0 aromatic rings. The minimum atomic E-state index is -4.79. The summed E-state index contributed by atoms with van der Waals surface area (Å²) in [4.78, 5) is 42.6. The van der Waals surface area contributed by atoms with Gasteiger partial charge in [0.1, 0.15) is 6.61 Å². The first-order valence-corrected chi connectivity index (χ1v) is 19.2. The zero-order valence-electron chi connectivity index (χ0n) is 29.0. The predicted octanol–water partition coefficient (Wildman–Crippen LogP) is 9.14. The van der Waals surface area contributed by atoms with Gasteiger partial charge in [-0.05, 0) is 64.2 Å². The number of aliphatic hydroxyl groups is 1. The van der Waals surface area contributed by atoms with Crippen molar-refractivity contribution in [1.82, 2.24) is 0 Å². The molecule has 2 atom stereocenters. The second-order valence-electron chi connectivity index (χ2n) is 11.7. The average molecular weight is 683 g/mol. The molecule has 0 heterocycles. The number of ether oxygens (including phenoxy) is 2. The molecule has 3 N–H and O–H groups in total. The molecule has 0 rings (SSSR count). The smallest absolute Gasteiger partial charge is 0.462 e. The van der Waals surface area contributed by atoms with Gasteiger partial charge in [-0.1, -0.05) is 120 Å². The maximum absolute atomic E-state index is 12.3. The van der Waals surface area contributed by atoms with Gasteiger partial charge in [-0.3, -0.25) is 14.1 Å². The van der Waals surface area contributed by atoms with Crippen molar-refractivity contribution in [1.29, 1.82) is 0 Å². The molecule has 0 bridgehead atoms. The maximum atomic E-state index is 12.3. The number of hydrogen-bond acceptors (Lipinski definition) is 7. The van der Waals surface area contributed by atoms with Gasteiger partial charge in [0, 0.05) is 12.8 Å². The first kappa shape index (κ1) is 44.7. The average Bonchev–Trinajstić information content (AvgIpc) is 3.03. The second-order valence-corrected chi connectivity index (χ2v) is 12.9. The molecule has 9 nitrogen and oxygen atoms in total. The van der Waals surface area contributed by atoms with E-state index in [1.165, 1.54) is 32.1 Å². The minimum absolute atomic E-state index is 0.0349. The van der Waals surface area contributed by atoms with Gasteiger partial charge in [-0.2, -0.15) is 0 Å². The second kappa shape index (κ2) is 32.3. The number of carbonyl (C=O) groups is 2. The summed E-state index contributed by atoms with van der Waals surface area (Å²) in [7, 11) is -4.79. The van der Waals surface area contributed by atoms with Gasteiger partial charge in [-0.15, -0.1) is 0 Å². The van der Waals surface area contributed by atoms with Gasteiger partial charge >= 0.3 is 19.8 Å². The quantitative estimate of drug-likeness (QED) is 0.0215.